The number of piperazine rings is 1. The number of hydrogen-bond acceptors (Lipinski definition) is 11. The van der Waals surface area contributed by atoms with Crippen molar-refractivity contribution in [1.29, 1.82) is 5.26 Å². The molecule has 3 atom stereocenters. The fourth-order valence-electron chi connectivity index (χ4n) is 8.89. The average Bonchev–Trinajstić information content (AvgIpc) is 3.84. The quantitative estimate of drug-likeness (QED) is 0.172. The second-order valence-electron chi connectivity index (χ2n) is 15.6. The monoisotopic (exact) mass is 829 g/mol. The Balaban J connectivity index is 0.852. The lowest BCUT2D eigenvalue weighted by atomic mass is 9.75. The fraction of sp³-hybridized carbons (Fsp3) is 0.439. The zero-order valence-corrected chi connectivity index (χ0v) is 33.0. The van der Waals surface area contributed by atoms with Gasteiger partial charge in [-0.3, -0.25) is 39.2 Å². The van der Waals surface area contributed by atoms with Crippen LogP contribution in [0.15, 0.2) is 54.7 Å². The maximum absolute atomic E-state index is 13.9. The molecule has 18 heteroatoms. The molecular formula is C41H42F3N9O5S. The van der Waals surface area contributed by atoms with E-state index in [-0.39, 0.29) is 47.5 Å². The van der Waals surface area contributed by atoms with E-state index in [0.717, 1.165) is 48.7 Å². The number of benzene rings is 2. The van der Waals surface area contributed by atoms with Gasteiger partial charge in [-0.1, -0.05) is 13.0 Å². The van der Waals surface area contributed by atoms with Crippen molar-refractivity contribution < 1.29 is 37.1 Å². The van der Waals surface area contributed by atoms with Crippen molar-refractivity contribution in [3.63, 3.8) is 0 Å². The summed E-state index contributed by atoms with van der Waals surface area (Å²) < 4.78 is 47.7. The van der Waals surface area contributed by atoms with Crippen LogP contribution in [0, 0.1) is 11.3 Å². The number of nitriles is 1. The number of hydrogen-bond donors (Lipinski definition) is 3. The van der Waals surface area contributed by atoms with Crippen LogP contribution >= 0.6 is 12.2 Å². The van der Waals surface area contributed by atoms with E-state index in [1.54, 1.807) is 23.1 Å². The summed E-state index contributed by atoms with van der Waals surface area (Å²) in [6.07, 6.45) is 0.204. The Bertz CT molecular complexity index is 2260. The van der Waals surface area contributed by atoms with Crippen molar-refractivity contribution in [2.45, 2.75) is 81.7 Å². The van der Waals surface area contributed by atoms with Gasteiger partial charge in [-0.05, 0) is 98.8 Å². The number of likely N-dealkylation sites (tertiary alicyclic amines) is 2. The summed E-state index contributed by atoms with van der Waals surface area (Å²) in [6, 6.07) is 15.0. The zero-order valence-electron chi connectivity index (χ0n) is 32.2. The number of halogens is 3. The smallest absolute Gasteiger partial charge is 0.419 e. The molecule has 4 saturated heterocycles. The maximum Gasteiger partial charge on any atom is 0.419 e. The number of nitrogens with one attached hydrogen (secondary N) is 3. The normalized spacial score (nSPS) is 22.7. The number of anilines is 4. The molecule has 5 fully saturated rings. The van der Waals surface area contributed by atoms with Crippen LogP contribution in [0.5, 0.6) is 5.75 Å². The third-order valence-electron chi connectivity index (χ3n) is 12.0. The van der Waals surface area contributed by atoms with Crippen LogP contribution in [-0.2, 0) is 31.8 Å². The lowest BCUT2D eigenvalue weighted by Gasteiger charge is -2.43. The van der Waals surface area contributed by atoms with Crippen LogP contribution in [0.2, 0.25) is 0 Å². The first kappa shape index (κ1) is 40.2. The van der Waals surface area contributed by atoms with Crippen molar-refractivity contribution in [2.24, 2.45) is 0 Å². The van der Waals surface area contributed by atoms with Gasteiger partial charge in [0.15, 0.2) is 10.8 Å². The number of thiocarbonyl (C=S) groups is 1. The van der Waals surface area contributed by atoms with Gasteiger partial charge in [-0.15, -0.1) is 0 Å². The van der Waals surface area contributed by atoms with E-state index in [1.165, 1.54) is 6.07 Å². The van der Waals surface area contributed by atoms with Gasteiger partial charge in [-0.2, -0.15) is 18.4 Å². The first-order valence-corrected chi connectivity index (χ1v) is 20.1. The summed E-state index contributed by atoms with van der Waals surface area (Å²) in [6.45, 7) is 4.95. The molecule has 3 N–H and O–H groups in total. The number of alkyl halides is 3. The van der Waals surface area contributed by atoms with Crippen molar-refractivity contribution >= 4 is 63.7 Å². The number of aryl methyl sites for hydroxylation is 1. The predicted molar refractivity (Wildman–Crippen MR) is 215 cm³/mol. The number of fused-ring (bicyclic) bond motifs is 2. The Morgan fingerprint density at radius 2 is 1.83 bits per heavy atom. The second-order valence-corrected chi connectivity index (χ2v) is 15.9. The molecule has 14 nitrogen and oxygen atoms in total. The molecule has 1 aliphatic carbocycles. The third kappa shape index (κ3) is 7.70. The molecule has 3 aromatic rings. The topological polar surface area (TPSA) is 163 Å². The average molecular weight is 830 g/mol. The van der Waals surface area contributed by atoms with E-state index in [4.69, 9.17) is 17.0 Å². The maximum atomic E-state index is 13.9. The molecular weight excluding hydrogens is 788 g/mol. The minimum Gasteiger partial charge on any atom is -0.492 e. The third-order valence-corrected chi connectivity index (χ3v) is 12.4. The second kappa shape index (κ2) is 15.8. The fourth-order valence-corrected chi connectivity index (χ4v) is 9.36. The summed E-state index contributed by atoms with van der Waals surface area (Å²) in [5.74, 6) is -0.498. The van der Waals surface area contributed by atoms with E-state index in [9.17, 15) is 37.6 Å². The van der Waals surface area contributed by atoms with Gasteiger partial charge in [0.1, 0.15) is 30.0 Å². The first-order chi connectivity index (χ1) is 28.3. The lowest BCUT2D eigenvalue weighted by molar-refractivity contribution is -0.138. The molecule has 5 aliphatic rings. The number of aromatic nitrogens is 1. The highest BCUT2D eigenvalue weighted by atomic mass is 32.1. The minimum atomic E-state index is -4.84. The van der Waals surface area contributed by atoms with Crippen LogP contribution in [0.1, 0.15) is 62.3 Å². The highest BCUT2D eigenvalue weighted by molar-refractivity contribution is 7.81. The summed E-state index contributed by atoms with van der Waals surface area (Å²) in [5, 5.41) is 17.7. The lowest BCUT2D eigenvalue weighted by Crippen LogP contribution is -2.55. The van der Waals surface area contributed by atoms with E-state index in [1.807, 2.05) is 31.2 Å². The Labute approximate surface area is 343 Å². The van der Waals surface area contributed by atoms with Crippen LogP contribution in [-0.4, -0.2) is 100.0 Å². The van der Waals surface area contributed by atoms with Crippen molar-refractivity contribution in [3.8, 4) is 11.8 Å². The number of piperidine rings is 1. The van der Waals surface area contributed by atoms with E-state index in [2.05, 4.69) is 30.7 Å². The highest BCUT2D eigenvalue weighted by Gasteiger charge is 2.60. The van der Waals surface area contributed by atoms with Crippen LogP contribution < -0.4 is 30.5 Å². The number of imide groups is 1. The number of ether oxygens (including phenoxy) is 1. The summed E-state index contributed by atoms with van der Waals surface area (Å²) >= 11 is 5.79. The molecule has 4 amide bonds. The van der Waals surface area contributed by atoms with Gasteiger partial charge >= 0.3 is 6.18 Å². The number of amides is 4. The first-order valence-electron chi connectivity index (χ1n) is 19.7. The molecule has 1 unspecified atom stereocenters. The molecule has 1 spiro atoms. The predicted octanol–water partition coefficient (Wildman–Crippen LogP) is 4.59. The molecule has 4 aliphatic heterocycles. The number of nitrogens with zero attached hydrogens (tertiary/aromatic N) is 6. The Hall–Kier alpha value is -5.64. The molecule has 59 heavy (non-hydrogen) atoms. The van der Waals surface area contributed by atoms with E-state index < -0.39 is 34.9 Å². The molecule has 5 heterocycles. The molecule has 8 rings (SSSR count). The number of rotatable bonds is 12. The molecule has 1 saturated carbocycles. The SMILES string of the molecule is CCc1cc(N2C(=S)N(c3cnc(C#N)c(C(F)(F)F)c3)C(=O)C23CCC3)ccc1OCCN1C[C@H]2C[C@@H]1CN2CC(=O)Nc1cccc(NC2CCC(=O)NC2=O)c1. The number of pyridine rings is 1. The van der Waals surface area contributed by atoms with Crippen LogP contribution in [0.25, 0.3) is 0 Å². The Morgan fingerprint density at radius 1 is 1.07 bits per heavy atom. The zero-order chi connectivity index (χ0) is 41.6. The summed E-state index contributed by atoms with van der Waals surface area (Å²) in [5.41, 5.74) is -0.351. The highest BCUT2D eigenvalue weighted by Crippen LogP contribution is 2.49. The Kier molecular flexibility index (Phi) is 10.8. The van der Waals surface area contributed by atoms with Crippen molar-refractivity contribution in [2.75, 3.05) is 53.2 Å². The Morgan fingerprint density at radius 3 is 2.51 bits per heavy atom. The van der Waals surface area contributed by atoms with Gasteiger partial charge in [0.2, 0.25) is 17.7 Å². The standard InChI is InChI=1S/C41H42F3N9O5S/c1-2-24-15-27(53-39(59)52(38(57)40(53)11-4-12-40)28-18-31(41(42,43)44)33(19-45)46-20-28)7-9-34(24)58-14-13-50-21-30-17-29(50)22-51(30)23-36(55)48-26-6-3-5-25(16-26)47-32-8-10-35(54)49-37(32)56/h3,5-7,9,15-16,18,20,29-30,32,47H,2,4,8,10-14,17,21-23H2,1H3,(H,48,55)(H,49,54,56)/t29-,30-,32?/m1/s1. The number of carbonyl (C=O) groups excluding carboxylic acids is 4. The van der Waals surface area contributed by atoms with E-state index in [0.29, 0.717) is 67.7 Å². The van der Waals surface area contributed by atoms with E-state index >= 15 is 0 Å². The molecule has 1 aromatic heterocycles. The van der Waals surface area contributed by atoms with Gasteiger partial charge in [0, 0.05) is 55.2 Å². The minimum absolute atomic E-state index is 0.0502. The molecule has 308 valence electrons. The summed E-state index contributed by atoms with van der Waals surface area (Å²) in [7, 11) is 0. The van der Waals surface area contributed by atoms with Crippen molar-refractivity contribution in [1.82, 2.24) is 20.1 Å². The largest absolute Gasteiger partial charge is 0.492 e. The van der Waals surface area contributed by atoms with Crippen LogP contribution in [0.4, 0.5) is 35.9 Å². The number of carbonyl (C=O) groups is 4. The molecule has 0 radical (unpaired) electrons. The van der Waals surface area contributed by atoms with Gasteiger partial charge in [0.25, 0.3) is 5.91 Å². The van der Waals surface area contributed by atoms with Gasteiger partial charge in [0.05, 0.1) is 24.0 Å². The summed E-state index contributed by atoms with van der Waals surface area (Å²) in [4.78, 5) is 61.8. The van der Waals surface area contributed by atoms with Crippen molar-refractivity contribution in [3.05, 3.63) is 71.5 Å². The van der Waals surface area contributed by atoms with Gasteiger partial charge in [-0.25, -0.2) is 4.98 Å². The van der Waals surface area contributed by atoms with Crippen LogP contribution in [0.3, 0.4) is 0 Å². The molecule has 2 bridgehead atoms. The van der Waals surface area contributed by atoms with Gasteiger partial charge < -0.3 is 20.3 Å². The molecule has 2 aromatic carbocycles.